The molecule has 2 rings (SSSR count). The number of aromatic nitrogens is 1. The van der Waals surface area contributed by atoms with E-state index in [0.717, 1.165) is 6.42 Å². The van der Waals surface area contributed by atoms with Gasteiger partial charge >= 0.3 is 6.18 Å². The van der Waals surface area contributed by atoms with Gasteiger partial charge in [-0.05, 0) is 18.9 Å². The van der Waals surface area contributed by atoms with Crippen molar-refractivity contribution in [3.05, 3.63) is 15.6 Å². The van der Waals surface area contributed by atoms with Crippen LogP contribution in [0, 0.1) is 5.41 Å². The van der Waals surface area contributed by atoms with E-state index in [0.29, 0.717) is 5.01 Å². The Hall–Kier alpha value is -0.620. The normalized spacial score (nSPS) is 22.8. The summed E-state index contributed by atoms with van der Waals surface area (Å²) in [6, 6.07) is 0. The summed E-state index contributed by atoms with van der Waals surface area (Å²) in [6.45, 7) is 4.34. The van der Waals surface area contributed by atoms with E-state index in [2.05, 4.69) is 24.1 Å². The molecule has 0 amide bonds. The first kappa shape index (κ1) is 12.8. The Morgan fingerprint density at radius 3 is 2.47 bits per heavy atom. The monoisotopic (exact) mass is 264 g/mol. The van der Waals surface area contributed by atoms with Crippen LogP contribution in [0.1, 0.15) is 41.8 Å². The molecule has 1 saturated carbocycles. The van der Waals surface area contributed by atoms with Gasteiger partial charge in [0, 0.05) is 12.5 Å². The van der Waals surface area contributed by atoms with Crippen molar-refractivity contribution in [2.75, 3.05) is 7.05 Å². The molecule has 1 heterocycles. The smallest absolute Gasteiger partial charge is 0.315 e. The van der Waals surface area contributed by atoms with Crippen molar-refractivity contribution in [1.82, 2.24) is 10.3 Å². The van der Waals surface area contributed by atoms with E-state index in [-0.39, 0.29) is 22.8 Å². The first-order valence-electron chi connectivity index (χ1n) is 5.47. The summed E-state index contributed by atoms with van der Waals surface area (Å²) >= 11 is 1.19. The van der Waals surface area contributed by atoms with Crippen molar-refractivity contribution < 1.29 is 13.2 Å². The van der Waals surface area contributed by atoms with Crippen LogP contribution in [0.25, 0.3) is 0 Å². The lowest BCUT2D eigenvalue weighted by Gasteiger charge is -2.04. The van der Waals surface area contributed by atoms with Crippen LogP contribution in [0.4, 0.5) is 13.2 Å². The minimum Gasteiger partial charge on any atom is -0.315 e. The molecule has 1 aromatic heterocycles. The minimum absolute atomic E-state index is 0.109. The molecular formula is C11H15F3N2S. The molecule has 96 valence electrons. The number of nitrogens with zero attached hydrogens (tertiary/aromatic N) is 1. The summed E-state index contributed by atoms with van der Waals surface area (Å²) in [5.41, 5.74) is -0.605. The van der Waals surface area contributed by atoms with Crippen molar-refractivity contribution >= 4 is 11.3 Å². The van der Waals surface area contributed by atoms with E-state index in [9.17, 15) is 13.2 Å². The van der Waals surface area contributed by atoms with Gasteiger partial charge in [0.1, 0.15) is 0 Å². The standard InChI is InChI=1S/C11H15F3N2S/c1-10(2)4-6(10)9-16-8(11(12,13)14)7(17-9)5-15-3/h6,15H,4-5H2,1-3H3. The summed E-state index contributed by atoms with van der Waals surface area (Å²) in [5.74, 6) is 0.194. The third-order valence-corrected chi connectivity index (χ3v) is 4.30. The Labute approximate surface area is 102 Å². The van der Waals surface area contributed by atoms with Gasteiger partial charge in [-0.15, -0.1) is 11.3 Å². The molecule has 0 spiro atoms. The molecule has 1 aliphatic carbocycles. The highest BCUT2D eigenvalue weighted by Crippen LogP contribution is 2.59. The van der Waals surface area contributed by atoms with E-state index in [1.54, 1.807) is 7.05 Å². The fraction of sp³-hybridized carbons (Fsp3) is 0.727. The van der Waals surface area contributed by atoms with Crippen LogP contribution < -0.4 is 5.32 Å². The van der Waals surface area contributed by atoms with Crippen LogP contribution in [0.2, 0.25) is 0 Å². The summed E-state index contributed by atoms with van der Waals surface area (Å²) in [6.07, 6.45) is -3.42. The lowest BCUT2D eigenvalue weighted by molar-refractivity contribution is -0.141. The Bertz CT molecular complexity index is 423. The Morgan fingerprint density at radius 2 is 2.06 bits per heavy atom. The zero-order valence-corrected chi connectivity index (χ0v) is 10.8. The maximum atomic E-state index is 12.8. The van der Waals surface area contributed by atoms with E-state index in [1.807, 2.05) is 0 Å². The molecule has 6 heteroatoms. The number of hydrogen-bond donors (Lipinski definition) is 1. The second-order valence-corrected chi connectivity index (χ2v) is 6.21. The maximum absolute atomic E-state index is 12.8. The quantitative estimate of drug-likeness (QED) is 0.905. The molecular weight excluding hydrogens is 249 g/mol. The average molecular weight is 264 g/mol. The molecule has 1 atom stereocenters. The SMILES string of the molecule is CNCc1sc(C2CC2(C)C)nc1C(F)(F)F. The molecule has 0 radical (unpaired) electrons. The molecule has 1 unspecified atom stereocenters. The van der Waals surface area contributed by atoms with Gasteiger partial charge in [-0.25, -0.2) is 4.98 Å². The highest BCUT2D eigenvalue weighted by Gasteiger charge is 2.50. The number of nitrogens with one attached hydrogen (secondary N) is 1. The zero-order chi connectivity index (χ0) is 12.8. The number of rotatable bonds is 3. The largest absolute Gasteiger partial charge is 0.434 e. The zero-order valence-electron chi connectivity index (χ0n) is 9.98. The average Bonchev–Trinajstić information content (AvgIpc) is 2.63. The van der Waals surface area contributed by atoms with Crippen LogP contribution in [0.5, 0.6) is 0 Å². The van der Waals surface area contributed by atoms with E-state index in [1.165, 1.54) is 11.3 Å². The summed E-state index contributed by atoms with van der Waals surface area (Å²) < 4.78 is 38.3. The fourth-order valence-electron chi connectivity index (χ4n) is 1.91. The maximum Gasteiger partial charge on any atom is 0.434 e. The number of halogens is 3. The van der Waals surface area contributed by atoms with Gasteiger partial charge in [0.25, 0.3) is 0 Å². The topological polar surface area (TPSA) is 24.9 Å². The highest BCUT2D eigenvalue weighted by atomic mass is 32.1. The van der Waals surface area contributed by atoms with Gasteiger partial charge in [0.15, 0.2) is 5.69 Å². The minimum atomic E-state index is -4.35. The molecule has 17 heavy (non-hydrogen) atoms. The second kappa shape index (κ2) is 3.95. The van der Waals surface area contributed by atoms with Crippen molar-refractivity contribution in [2.45, 2.75) is 38.9 Å². The van der Waals surface area contributed by atoms with E-state index >= 15 is 0 Å². The van der Waals surface area contributed by atoms with Gasteiger partial charge in [-0.2, -0.15) is 13.2 Å². The first-order valence-corrected chi connectivity index (χ1v) is 6.29. The van der Waals surface area contributed by atoms with E-state index in [4.69, 9.17) is 0 Å². The van der Waals surface area contributed by atoms with Crippen LogP contribution in [0.15, 0.2) is 0 Å². The van der Waals surface area contributed by atoms with Crippen molar-refractivity contribution in [3.63, 3.8) is 0 Å². The van der Waals surface area contributed by atoms with Gasteiger partial charge in [-0.3, -0.25) is 0 Å². The molecule has 0 aliphatic heterocycles. The Kier molecular flexibility index (Phi) is 2.98. The molecule has 1 aromatic rings. The lowest BCUT2D eigenvalue weighted by atomic mass is 10.1. The number of alkyl halides is 3. The van der Waals surface area contributed by atoms with Crippen molar-refractivity contribution in [2.24, 2.45) is 5.41 Å². The van der Waals surface area contributed by atoms with E-state index < -0.39 is 11.9 Å². The molecule has 1 N–H and O–H groups in total. The van der Waals surface area contributed by atoms with Crippen LogP contribution in [0.3, 0.4) is 0 Å². The Balaban J connectivity index is 2.32. The summed E-state index contributed by atoms with van der Waals surface area (Å²) in [4.78, 5) is 4.10. The molecule has 1 fully saturated rings. The van der Waals surface area contributed by atoms with Crippen molar-refractivity contribution in [1.29, 1.82) is 0 Å². The van der Waals surface area contributed by atoms with Gasteiger partial charge in [0.2, 0.25) is 0 Å². The van der Waals surface area contributed by atoms with Gasteiger partial charge in [0.05, 0.1) is 9.88 Å². The third-order valence-electron chi connectivity index (χ3n) is 3.13. The predicted octanol–water partition coefficient (Wildman–Crippen LogP) is 3.39. The Morgan fingerprint density at radius 1 is 1.47 bits per heavy atom. The first-order chi connectivity index (χ1) is 7.75. The number of thiazole rings is 1. The third kappa shape index (κ3) is 2.47. The summed E-state index contributed by atoms with van der Waals surface area (Å²) in [7, 11) is 1.64. The molecule has 0 aromatic carbocycles. The van der Waals surface area contributed by atoms with Gasteiger partial charge in [-0.1, -0.05) is 13.8 Å². The predicted molar refractivity (Wildman–Crippen MR) is 61.0 cm³/mol. The van der Waals surface area contributed by atoms with Crippen LogP contribution in [-0.4, -0.2) is 12.0 Å². The summed E-state index contributed by atoms with van der Waals surface area (Å²) in [5, 5.41) is 3.39. The van der Waals surface area contributed by atoms with Crippen molar-refractivity contribution in [3.8, 4) is 0 Å². The highest BCUT2D eigenvalue weighted by molar-refractivity contribution is 7.11. The molecule has 0 saturated heterocycles. The molecule has 2 nitrogen and oxygen atoms in total. The van der Waals surface area contributed by atoms with Gasteiger partial charge < -0.3 is 5.32 Å². The van der Waals surface area contributed by atoms with Crippen LogP contribution >= 0.6 is 11.3 Å². The molecule has 1 aliphatic rings. The lowest BCUT2D eigenvalue weighted by Crippen LogP contribution is -2.12. The second-order valence-electron chi connectivity index (χ2n) is 5.10. The molecule has 0 bridgehead atoms. The number of hydrogen-bond acceptors (Lipinski definition) is 3. The van der Waals surface area contributed by atoms with Crippen LogP contribution in [-0.2, 0) is 12.7 Å². The fourth-order valence-corrected chi connectivity index (χ4v) is 3.32.